The van der Waals surface area contributed by atoms with Gasteiger partial charge in [0, 0.05) is 26.7 Å². The fourth-order valence-corrected chi connectivity index (χ4v) is 1.62. The molecule has 0 amide bonds. The molecule has 0 atom stereocenters. The molecule has 0 radical (unpaired) electrons. The molecule has 0 saturated heterocycles. The summed E-state index contributed by atoms with van der Waals surface area (Å²) in [6.45, 7) is 4.76. The van der Waals surface area contributed by atoms with Crippen molar-refractivity contribution >= 4 is 5.96 Å². The third kappa shape index (κ3) is 6.76. The molecule has 0 aliphatic carbocycles. The van der Waals surface area contributed by atoms with Crippen LogP contribution in [0.1, 0.15) is 12.5 Å². The summed E-state index contributed by atoms with van der Waals surface area (Å²) >= 11 is 0. The van der Waals surface area contributed by atoms with Gasteiger partial charge in [0.15, 0.2) is 5.96 Å². The van der Waals surface area contributed by atoms with Gasteiger partial charge in [0.05, 0.1) is 6.61 Å². The van der Waals surface area contributed by atoms with E-state index in [4.69, 9.17) is 4.74 Å². The summed E-state index contributed by atoms with van der Waals surface area (Å²) in [7, 11) is 1.72. The number of nitrogens with one attached hydrogen (secondary N) is 2. The van der Waals surface area contributed by atoms with Crippen LogP contribution in [0.4, 0.5) is 4.39 Å². The van der Waals surface area contributed by atoms with Crippen LogP contribution < -0.4 is 10.6 Å². The van der Waals surface area contributed by atoms with Crippen molar-refractivity contribution in [2.24, 2.45) is 4.99 Å². The topological polar surface area (TPSA) is 45.6 Å². The first kappa shape index (κ1) is 15.4. The van der Waals surface area contributed by atoms with E-state index in [0.29, 0.717) is 26.3 Å². The molecular formula is C14H22FN3O. The summed E-state index contributed by atoms with van der Waals surface area (Å²) in [6.07, 6.45) is 0.754. The Balaban J connectivity index is 2.22. The van der Waals surface area contributed by atoms with Gasteiger partial charge >= 0.3 is 0 Å². The maximum atomic E-state index is 13.0. The van der Waals surface area contributed by atoms with Gasteiger partial charge < -0.3 is 15.4 Å². The Bertz CT molecular complexity index is 396. The maximum Gasteiger partial charge on any atom is 0.191 e. The third-order valence-corrected chi connectivity index (χ3v) is 2.56. The molecule has 1 aromatic carbocycles. The van der Waals surface area contributed by atoms with Crippen LogP contribution in [-0.2, 0) is 11.2 Å². The second kappa shape index (κ2) is 9.33. The van der Waals surface area contributed by atoms with Crippen LogP contribution in [0, 0.1) is 5.82 Å². The van der Waals surface area contributed by atoms with Gasteiger partial charge in [0.1, 0.15) is 5.82 Å². The lowest BCUT2D eigenvalue weighted by Gasteiger charge is -2.11. The fourth-order valence-electron chi connectivity index (χ4n) is 1.62. The molecule has 106 valence electrons. The fraction of sp³-hybridized carbons (Fsp3) is 0.500. The first-order valence-corrected chi connectivity index (χ1v) is 6.53. The molecule has 1 rings (SSSR count). The van der Waals surface area contributed by atoms with Gasteiger partial charge in [-0.2, -0.15) is 0 Å². The molecule has 0 saturated carbocycles. The summed E-state index contributed by atoms with van der Waals surface area (Å²) in [6, 6.07) is 6.63. The summed E-state index contributed by atoms with van der Waals surface area (Å²) in [5, 5.41) is 6.32. The zero-order chi connectivity index (χ0) is 13.9. The van der Waals surface area contributed by atoms with Crippen molar-refractivity contribution in [3.05, 3.63) is 35.6 Å². The Morgan fingerprint density at radius 3 is 2.79 bits per heavy atom. The first-order valence-electron chi connectivity index (χ1n) is 6.53. The number of rotatable bonds is 7. The number of hydrogen-bond donors (Lipinski definition) is 2. The molecule has 2 N–H and O–H groups in total. The van der Waals surface area contributed by atoms with Crippen LogP contribution in [0.2, 0.25) is 0 Å². The van der Waals surface area contributed by atoms with Crippen molar-refractivity contribution < 1.29 is 9.13 Å². The van der Waals surface area contributed by atoms with Gasteiger partial charge in [-0.1, -0.05) is 12.1 Å². The lowest BCUT2D eigenvalue weighted by Crippen LogP contribution is -2.39. The number of guanidine groups is 1. The highest BCUT2D eigenvalue weighted by Gasteiger charge is 1.98. The Morgan fingerprint density at radius 2 is 2.11 bits per heavy atom. The van der Waals surface area contributed by atoms with Gasteiger partial charge in [-0.05, 0) is 31.0 Å². The molecule has 4 nitrogen and oxygen atoms in total. The van der Waals surface area contributed by atoms with Crippen LogP contribution in [0.15, 0.2) is 29.3 Å². The molecule has 0 heterocycles. The minimum Gasteiger partial charge on any atom is -0.380 e. The van der Waals surface area contributed by atoms with Crippen LogP contribution in [0.25, 0.3) is 0 Å². The number of aliphatic imine (C=N–C) groups is 1. The Hall–Kier alpha value is -1.62. The second-order valence-electron chi connectivity index (χ2n) is 4.00. The molecule has 0 aliphatic heterocycles. The summed E-state index contributed by atoms with van der Waals surface area (Å²) < 4.78 is 18.2. The van der Waals surface area contributed by atoms with Crippen LogP contribution in [0.3, 0.4) is 0 Å². The van der Waals surface area contributed by atoms with E-state index in [0.717, 1.165) is 17.9 Å². The van der Waals surface area contributed by atoms with Crippen molar-refractivity contribution in [1.82, 2.24) is 10.6 Å². The number of hydrogen-bond acceptors (Lipinski definition) is 2. The van der Waals surface area contributed by atoms with Crippen molar-refractivity contribution in [2.75, 3.05) is 33.4 Å². The minimum atomic E-state index is -0.197. The predicted molar refractivity (Wildman–Crippen MR) is 76.0 cm³/mol. The molecule has 0 unspecified atom stereocenters. The number of benzene rings is 1. The normalized spacial score (nSPS) is 11.4. The summed E-state index contributed by atoms with van der Waals surface area (Å²) in [5.41, 5.74) is 0.970. The van der Waals surface area contributed by atoms with E-state index in [2.05, 4.69) is 15.6 Å². The molecule has 1 aromatic rings. The van der Waals surface area contributed by atoms with Gasteiger partial charge in [0.25, 0.3) is 0 Å². The van der Waals surface area contributed by atoms with Crippen LogP contribution in [-0.4, -0.2) is 39.3 Å². The Labute approximate surface area is 114 Å². The largest absolute Gasteiger partial charge is 0.380 e. The molecule has 0 aromatic heterocycles. The number of nitrogens with zero attached hydrogens (tertiary/aromatic N) is 1. The zero-order valence-corrected chi connectivity index (χ0v) is 11.6. The van der Waals surface area contributed by atoms with Crippen LogP contribution in [0.5, 0.6) is 0 Å². The molecule has 5 heteroatoms. The van der Waals surface area contributed by atoms with E-state index < -0.39 is 0 Å². The maximum absolute atomic E-state index is 13.0. The van der Waals surface area contributed by atoms with Gasteiger partial charge in [-0.15, -0.1) is 0 Å². The standard InChI is InChI=1S/C14H22FN3O/c1-3-19-10-9-18-14(16-2)17-8-7-12-5-4-6-13(15)11-12/h4-6,11H,3,7-10H2,1-2H3,(H2,16,17,18). The monoisotopic (exact) mass is 267 g/mol. The predicted octanol–water partition coefficient (Wildman–Crippen LogP) is 1.57. The van der Waals surface area contributed by atoms with E-state index >= 15 is 0 Å². The van der Waals surface area contributed by atoms with E-state index in [1.807, 2.05) is 13.0 Å². The highest BCUT2D eigenvalue weighted by atomic mass is 19.1. The van der Waals surface area contributed by atoms with Crippen molar-refractivity contribution in [1.29, 1.82) is 0 Å². The smallest absolute Gasteiger partial charge is 0.191 e. The average molecular weight is 267 g/mol. The molecule has 0 aliphatic rings. The van der Waals surface area contributed by atoms with Crippen molar-refractivity contribution in [3.63, 3.8) is 0 Å². The SMILES string of the molecule is CCOCCNC(=NC)NCCc1cccc(F)c1. The van der Waals surface area contributed by atoms with E-state index in [1.54, 1.807) is 19.2 Å². The molecular weight excluding hydrogens is 245 g/mol. The van der Waals surface area contributed by atoms with E-state index in [9.17, 15) is 4.39 Å². The molecule has 0 fully saturated rings. The van der Waals surface area contributed by atoms with Crippen molar-refractivity contribution in [2.45, 2.75) is 13.3 Å². The van der Waals surface area contributed by atoms with Crippen molar-refractivity contribution in [3.8, 4) is 0 Å². The molecule has 0 bridgehead atoms. The highest BCUT2D eigenvalue weighted by Crippen LogP contribution is 2.03. The van der Waals surface area contributed by atoms with Gasteiger partial charge in [-0.25, -0.2) is 4.39 Å². The lowest BCUT2D eigenvalue weighted by atomic mass is 10.1. The minimum absolute atomic E-state index is 0.197. The first-order chi connectivity index (χ1) is 9.26. The number of halogens is 1. The Kier molecular flexibility index (Phi) is 7.58. The summed E-state index contributed by atoms with van der Waals surface area (Å²) in [5.74, 6) is 0.535. The van der Waals surface area contributed by atoms with E-state index in [1.165, 1.54) is 6.07 Å². The third-order valence-electron chi connectivity index (χ3n) is 2.56. The summed E-state index contributed by atoms with van der Waals surface area (Å²) in [4.78, 5) is 4.10. The quantitative estimate of drug-likeness (QED) is 0.448. The average Bonchev–Trinajstić information content (AvgIpc) is 2.41. The van der Waals surface area contributed by atoms with Gasteiger partial charge in [-0.3, -0.25) is 4.99 Å². The Morgan fingerprint density at radius 1 is 1.32 bits per heavy atom. The second-order valence-corrected chi connectivity index (χ2v) is 4.00. The zero-order valence-electron chi connectivity index (χ0n) is 11.6. The van der Waals surface area contributed by atoms with Crippen LogP contribution >= 0.6 is 0 Å². The number of ether oxygens (including phenoxy) is 1. The molecule has 0 spiro atoms. The van der Waals surface area contributed by atoms with E-state index in [-0.39, 0.29) is 5.82 Å². The molecule has 19 heavy (non-hydrogen) atoms. The van der Waals surface area contributed by atoms with Gasteiger partial charge in [0.2, 0.25) is 0 Å². The highest BCUT2D eigenvalue weighted by molar-refractivity contribution is 5.79. The lowest BCUT2D eigenvalue weighted by molar-refractivity contribution is 0.152.